The first-order valence-electron chi connectivity index (χ1n) is 4.32. The van der Waals surface area contributed by atoms with E-state index >= 15 is 0 Å². The highest BCUT2D eigenvalue weighted by Crippen LogP contribution is 2.24. The molecule has 0 radical (unpaired) electrons. The predicted octanol–water partition coefficient (Wildman–Crippen LogP) is 2.09. The molecule has 0 bridgehead atoms. The smallest absolute Gasteiger partial charge is 0.273 e. The summed E-state index contributed by atoms with van der Waals surface area (Å²) in [5.41, 5.74) is -0.168. The van der Waals surface area contributed by atoms with Crippen LogP contribution in [0.1, 0.15) is 5.82 Å². The van der Waals surface area contributed by atoms with E-state index in [1.54, 1.807) is 6.92 Å². The Kier molecular flexibility index (Phi) is 2.35. The molecule has 0 atom stereocenters. The van der Waals surface area contributed by atoms with Gasteiger partial charge in [-0.2, -0.15) is 4.98 Å². The van der Waals surface area contributed by atoms with Crippen LogP contribution < -0.4 is 0 Å². The predicted molar refractivity (Wildman–Crippen MR) is 51.1 cm³/mol. The van der Waals surface area contributed by atoms with Crippen molar-refractivity contribution >= 4 is 5.69 Å². The van der Waals surface area contributed by atoms with Crippen molar-refractivity contribution in [3.8, 4) is 11.5 Å². The van der Waals surface area contributed by atoms with E-state index < -0.39 is 10.7 Å². The Morgan fingerprint density at radius 1 is 1.44 bits per heavy atom. The summed E-state index contributed by atoms with van der Waals surface area (Å²) in [4.78, 5) is 13.7. The van der Waals surface area contributed by atoms with Crippen molar-refractivity contribution in [3.05, 3.63) is 40.0 Å². The number of aryl methyl sites for hydroxylation is 1. The van der Waals surface area contributed by atoms with Crippen LogP contribution in [0.4, 0.5) is 10.1 Å². The number of nitro groups is 1. The molecule has 6 nitrogen and oxygen atoms in total. The van der Waals surface area contributed by atoms with E-state index in [9.17, 15) is 14.5 Å². The topological polar surface area (TPSA) is 82.1 Å². The van der Waals surface area contributed by atoms with Crippen molar-refractivity contribution in [2.75, 3.05) is 0 Å². The quantitative estimate of drug-likeness (QED) is 0.575. The lowest BCUT2D eigenvalue weighted by Gasteiger charge is -1.95. The van der Waals surface area contributed by atoms with Crippen molar-refractivity contribution in [1.82, 2.24) is 10.1 Å². The van der Waals surface area contributed by atoms with E-state index in [2.05, 4.69) is 10.1 Å². The standard InChI is InChI=1S/C9H6FN3O3/c1-5-11-9(16-12-5)6-2-7(10)4-8(3-6)13(14)15/h2-4H,1H3. The minimum atomic E-state index is -0.722. The molecule has 16 heavy (non-hydrogen) atoms. The summed E-state index contributed by atoms with van der Waals surface area (Å²) >= 11 is 0. The second-order valence-electron chi connectivity index (χ2n) is 3.10. The summed E-state index contributed by atoms with van der Waals surface area (Å²) in [6.07, 6.45) is 0. The summed E-state index contributed by atoms with van der Waals surface area (Å²) < 4.78 is 17.9. The van der Waals surface area contributed by atoms with Gasteiger partial charge in [-0.3, -0.25) is 10.1 Å². The number of halogens is 1. The molecule has 1 aromatic heterocycles. The monoisotopic (exact) mass is 223 g/mol. The third-order valence-corrected chi connectivity index (χ3v) is 1.87. The minimum Gasteiger partial charge on any atom is -0.334 e. The van der Waals surface area contributed by atoms with Crippen molar-refractivity contribution in [1.29, 1.82) is 0 Å². The number of non-ortho nitro benzene ring substituents is 1. The molecular formula is C9H6FN3O3. The van der Waals surface area contributed by atoms with Crippen LogP contribution in [0.5, 0.6) is 0 Å². The van der Waals surface area contributed by atoms with Crippen LogP contribution in [0.2, 0.25) is 0 Å². The zero-order valence-electron chi connectivity index (χ0n) is 8.18. The number of aromatic nitrogens is 2. The molecule has 2 rings (SSSR count). The van der Waals surface area contributed by atoms with Crippen LogP contribution >= 0.6 is 0 Å². The average Bonchev–Trinajstić information content (AvgIpc) is 2.64. The zero-order valence-corrected chi connectivity index (χ0v) is 8.18. The van der Waals surface area contributed by atoms with Gasteiger partial charge in [-0.1, -0.05) is 5.16 Å². The lowest BCUT2D eigenvalue weighted by molar-refractivity contribution is -0.385. The highest BCUT2D eigenvalue weighted by Gasteiger charge is 2.14. The molecule has 0 saturated heterocycles. The molecule has 2 aromatic rings. The number of benzene rings is 1. The Labute approximate surface area is 88.9 Å². The van der Waals surface area contributed by atoms with Crippen LogP contribution in [0.25, 0.3) is 11.5 Å². The summed E-state index contributed by atoms with van der Waals surface area (Å²) in [6, 6.07) is 3.10. The molecule has 0 N–H and O–H groups in total. The first kappa shape index (κ1) is 10.2. The Balaban J connectivity index is 2.53. The van der Waals surface area contributed by atoms with Crippen LogP contribution in [0.3, 0.4) is 0 Å². The summed E-state index contributed by atoms with van der Waals surface area (Å²) in [6.45, 7) is 1.60. The summed E-state index contributed by atoms with van der Waals surface area (Å²) in [5.74, 6) is -0.290. The van der Waals surface area contributed by atoms with Gasteiger partial charge in [0, 0.05) is 11.6 Å². The molecule has 0 saturated carbocycles. The molecule has 7 heteroatoms. The number of hydrogen-bond donors (Lipinski definition) is 0. The Hall–Kier alpha value is -2.31. The van der Waals surface area contributed by atoms with Gasteiger partial charge in [0.15, 0.2) is 5.82 Å². The maximum Gasteiger partial charge on any atom is 0.273 e. The first-order chi connectivity index (χ1) is 7.56. The molecule has 82 valence electrons. The molecule has 0 aliphatic rings. The van der Waals surface area contributed by atoms with Gasteiger partial charge in [0.05, 0.1) is 11.0 Å². The van der Waals surface area contributed by atoms with Gasteiger partial charge in [0.2, 0.25) is 0 Å². The van der Waals surface area contributed by atoms with E-state index in [0.717, 1.165) is 12.1 Å². The van der Waals surface area contributed by atoms with Crippen LogP contribution in [0.15, 0.2) is 22.7 Å². The van der Waals surface area contributed by atoms with Crippen molar-refractivity contribution < 1.29 is 13.8 Å². The number of hydrogen-bond acceptors (Lipinski definition) is 5. The van der Waals surface area contributed by atoms with Crippen LogP contribution in [0, 0.1) is 22.9 Å². The van der Waals surface area contributed by atoms with E-state index in [1.807, 2.05) is 0 Å². The zero-order chi connectivity index (χ0) is 11.7. The molecule has 0 fully saturated rings. The number of nitro benzene ring substituents is 1. The molecular weight excluding hydrogens is 217 g/mol. The summed E-state index contributed by atoms with van der Waals surface area (Å²) in [7, 11) is 0. The van der Waals surface area contributed by atoms with Gasteiger partial charge in [-0.25, -0.2) is 4.39 Å². The van der Waals surface area contributed by atoms with Gasteiger partial charge in [-0.05, 0) is 13.0 Å². The Morgan fingerprint density at radius 3 is 2.75 bits per heavy atom. The van der Waals surface area contributed by atoms with Gasteiger partial charge >= 0.3 is 0 Å². The minimum absolute atomic E-state index is 0.0556. The molecule has 1 aromatic carbocycles. The van der Waals surface area contributed by atoms with E-state index in [0.29, 0.717) is 5.82 Å². The van der Waals surface area contributed by atoms with Crippen LogP contribution in [-0.2, 0) is 0 Å². The van der Waals surface area contributed by atoms with E-state index in [4.69, 9.17) is 4.52 Å². The van der Waals surface area contributed by atoms with Crippen molar-refractivity contribution in [2.45, 2.75) is 6.92 Å². The maximum atomic E-state index is 13.1. The first-order valence-corrected chi connectivity index (χ1v) is 4.32. The molecule has 0 unspecified atom stereocenters. The van der Waals surface area contributed by atoms with Crippen molar-refractivity contribution in [3.63, 3.8) is 0 Å². The van der Waals surface area contributed by atoms with E-state index in [1.165, 1.54) is 6.07 Å². The second-order valence-corrected chi connectivity index (χ2v) is 3.10. The third kappa shape index (κ3) is 1.88. The third-order valence-electron chi connectivity index (χ3n) is 1.87. The summed E-state index contributed by atoms with van der Waals surface area (Å²) in [5, 5.41) is 14.0. The SMILES string of the molecule is Cc1noc(-c2cc(F)cc([N+](=O)[O-])c2)n1. The largest absolute Gasteiger partial charge is 0.334 e. The molecule has 0 aliphatic carbocycles. The average molecular weight is 223 g/mol. The van der Waals surface area contributed by atoms with Gasteiger partial charge in [-0.15, -0.1) is 0 Å². The fraction of sp³-hybridized carbons (Fsp3) is 0.111. The fourth-order valence-electron chi connectivity index (χ4n) is 1.22. The molecule has 0 amide bonds. The van der Waals surface area contributed by atoms with E-state index in [-0.39, 0.29) is 17.1 Å². The maximum absolute atomic E-state index is 13.1. The highest BCUT2D eigenvalue weighted by atomic mass is 19.1. The number of nitrogens with zero attached hydrogens (tertiary/aromatic N) is 3. The fourth-order valence-corrected chi connectivity index (χ4v) is 1.22. The lowest BCUT2D eigenvalue weighted by atomic mass is 10.2. The van der Waals surface area contributed by atoms with Gasteiger partial charge < -0.3 is 4.52 Å². The normalized spacial score (nSPS) is 10.4. The van der Waals surface area contributed by atoms with Crippen LogP contribution in [-0.4, -0.2) is 15.1 Å². The van der Waals surface area contributed by atoms with Crippen molar-refractivity contribution in [2.24, 2.45) is 0 Å². The Morgan fingerprint density at radius 2 is 2.19 bits per heavy atom. The van der Waals surface area contributed by atoms with Gasteiger partial charge in [0.25, 0.3) is 11.6 Å². The molecule has 0 spiro atoms. The lowest BCUT2D eigenvalue weighted by Crippen LogP contribution is -1.90. The highest BCUT2D eigenvalue weighted by molar-refractivity contribution is 5.57. The molecule has 0 aliphatic heterocycles. The second kappa shape index (κ2) is 3.69. The molecule has 1 heterocycles. The van der Waals surface area contributed by atoms with Gasteiger partial charge in [0.1, 0.15) is 5.82 Å². The number of rotatable bonds is 2. The Bertz CT molecular complexity index is 553.